The van der Waals surface area contributed by atoms with Gasteiger partial charge in [0.15, 0.2) is 0 Å². The van der Waals surface area contributed by atoms with Crippen molar-refractivity contribution in [2.45, 2.75) is 40.2 Å². The average Bonchev–Trinajstić information content (AvgIpc) is 3.08. The van der Waals surface area contributed by atoms with E-state index in [1.807, 2.05) is 32.9 Å². The summed E-state index contributed by atoms with van der Waals surface area (Å²) >= 11 is 6.74. The van der Waals surface area contributed by atoms with Crippen LogP contribution in [0.2, 0.25) is 0 Å². The van der Waals surface area contributed by atoms with Gasteiger partial charge in [-0.15, -0.1) is 0 Å². The lowest BCUT2D eigenvalue weighted by Crippen LogP contribution is -2.47. The molecule has 0 N–H and O–H groups in total. The molecule has 2 fully saturated rings. The second-order valence-electron chi connectivity index (χ2n) is 8.32. The minimum Gasteiger partial charge on any atom is -0.353 e. The molecule has 4 rings (SSSR count). The molecule has 0 bridgehead atoms. The van der Waals surface area contributed by atoms with E-state index in [-0.39, 0.29) is 17.5 Å². The molecular weight excluding hydrogens is 442 g/mol. The van der Waals surface area contributed by atoms with Crippen molar-refractivity contribution in [2.75, 3.05) is 37.6 Å². The molecule has 2 aliphatic heterocycles. The van der Waals surface area contributed by atoms with Crippen molar-refractivity contribution in [3.63, 3.8) is 0 Å². The van der Waals surface area contributed by atoms with E-state index < -0.39 is 0 Å². The Labute approximate surface area is 198 Å². The summed E-state index contributed by atoms with van der Waals surface area (Å²) in [4.78, 5) is 38.2. The van der Waals surface area contributed by atoms with Gasteiger partial charge in [0.1, 0.15) is 15.8 Å². The van der Waals surface area contributed by atoms with Crippen molar-refractivity contribution < 1.29 is 4.79 Å². The number of hydrogen-bond donors (Lipinski definition) is 0. The van der Waals surface area contributed by atoms with Gasteiger partial charge in [0.25, 0.3) is 11.5 Å². The third-order valence-corrected chi connectivity index (χ3v) is 7.57. The fourth-order valence-corrected chi connectivity index (χ4v) is 5.51. The molecule has 0 saturated carbocycles. The molecule has 0 radical (unpaired) electrons. The smallest absolute Gasteiger partial charge is 0.267 e. The predicted octanol–water partition coefficient (Wildman–Crippen LogP) is 3.14. The second-order valence-corrected chi connectivity index (χ2v) is 9.99. The zero-order valence-electron chi connectivity index (χ0n) is 19.0. The Bertz CT molecular complexity index is 1150. The molecule has 0 spiro atoms. The summed E-state index contributed by atoms with van der Waals surface area (Å²) in [6, 6.07) is 3.85. The van der Waals surface area contributed by atoms with E-state index in [0.29, 0.717) is 26.3 Å². The summed E-state index contributed by atoms with van der Waals surface area (Å²) < 4.78 is 2.11. The number of fused-ring (bicyclic) bond motifs is 1. The van der Waals surface area contributed by atoms with Crippen molar-refractivity contribution >= 4 is 51.7 Å². The van der Waals surface area contributed by atoms with Crippen LogP contribution in [0.25, 0.3) is 11.7 Å². The molecule has 1 unspecified atom stereocenters. The van der Waals surface area contributed by atoms with Crippen molar-refractivity contribution in [2.24, 2.45) is 0 Å². The zero-order valence-corrected chi connectivity index (χ0v) is 20.6. The number of pyridine rings is 1. The van der Waals surface area contributed by atoms with Gasteiger partial charge in [0.2, 0.25) is 0 Å². The molecule has 1 atom stereocenters. The Hall–Kier alpha value is -2.23. The number of nitrogens with zero attached hydrogens (tertiary/aromatic N) is 5. The van der Waals surface area contributed by atoms with Crippen LogP contribution in [-0.2, 0) is 4.79 Å². The Kier molecular flexibility index (Phi) is 6.69. The highest BCUT2D eigenvalue weighted by atomic mass is 32.2. The van der Waals surface area contributed by atoms with Crippen molar-refractivity contribution in [3.05, 3.63) is 44.7 Å². The van der Waals surface area contributed by atoms with E-state index in [9.17, 15) is 9.59 Å². The van der Waals surface area contributed by atoms with Gasteiger partial charge in [-0.05, 0) is 44.5 Å². The first-order chi connectivity index (χ1) is 15.3. The van der Waals surface area contributed by atoms with Gasteiger partial charge < -0.3 is 9.80 Å². The number of piperazine rings is 1. The maximum absolute atomic E-state index is 13.6. The fourth-order valence-electron chi connectivity index (χ4n) is 4.06. The van der Waals surface area contributed by atoms with Crippen LogP contribution in [0.5, 0.6) is 0 Å². The number of rotatable bonds is 5. The maximum atomic E-state index is 13.6. The summed E-state index contributed by atoms with van der Waals surface area (Å²) in [6.07, 6.45) is 4.31. The third-order valence-electron chi connectivity index (χ3n) is 6.24. The maximum Gasteiger partial charge on any atom is 0.267 e. The molecule has 7 nitrogen and oxygen atoms in total. The van der Waals surface area contributed by atoms with Gasteiger partial charge in [-0.2, -0.15) is 0 Å². The van der Waals surface area contributed by atoms with Gasteiger partial charge in [-0.1, -0.05) is 43.9 Å². The molecule has 2 saturated heterocycles. The van der Waals surface area contributed by atoms with Gasteiger partial charge in [-0.25, -0.2) is 4.98 Å². The Morgan fingerprint density at radius 2 is 1.91 bits per heavy atom. The van der Waals surface area contributed by atoms with E-state index in [0.717, 1.165) is 44.7 Å². The van der Waals surface area contributed by atoms with Crippen LogP contribution in [0.15, 0.2) is 28.0 Å². The van der Waals surface area contributed by atoms with E-state index >= 15 is 0 Å². The first kappa shape index (κ1) is 22.9. The third kappa shape index (κ3) is 4.21. The largest absolute Gasteiger partial charge is 0.353 e. The summed E-state index contributed by atoms with van der Waals surface area (Å²) in [5.74, 6) is 0.508. The van der Waals surface area contributed by atoms with Crippen LogP contribution in [0, 0.1) is 6.92 Å². The van der Waals surface area contributed by atoms with E-state index in [1.54, 1.807) is 21.6 Å². The van der Waals surface area contributed by atoms with E-state index in [4.69, 9.17) is 17.2 Å². The Morgan fingerprint density at radius 1 is 1.19 bits per heavy atom. The highest BCUT2D eigenvalue weighted by Crippen LogP contribution is 2.35. The quantitative estimate of drug-likeness (QED) is 0.490. The summed E-state index contributed by atoms with van der Waals surface area (Å²) in [6.45, 7) is 12.5. The molecule has 32 heavy (non-hydrogen) atoms. The molecule has 1 amide bonds. The number of amides is 1. The van der Waals surface area contributed by atoms with Crippen LogP contribution >= 0.6 is 24.0 Å². The Morgan fingerprint density at radius 3 is 2.56 bits per heavy atom. The number of carbonyl (C=O) groups is 1. The molecule has 2 aliphatic rings. The van der Waals surface area contributed by atoms with Crippen molar-refractivity contribution in [3.8, 4) is 0 Å². The molecule has 4 heterocycles. The molecular formula is C23H29N5O2S2. The summed E-state index contributed by atoms with van der Waals surface area (Å²) in [5, 5.41) is 0. The van der Waals surface area contributed by atoms with Crippen LogP contribution in [0.1, 0.15) is 38.3 Å². The van der Waals surface area contributed by atoms with Crippen LogP contribution in [0.4, 0.5) is 5.82 Å². The lowest BCUT2D eigenvalue weighted by molar-refractivity contribution is -0.123. The highest BCUT2D eigenvalue weighted by Gasteiger charge is 2.35. The SMILES string of the molecule is CCC(C)N1C(=O)/C(=C/c2c(N3CCN(CC)CC3)nc3ccc(C)cn3c2=O)SC1=S. The minimum atomic E-state index is -0.166. The molecule has 0 aromatic carbocycles. The molecule has 170 valence electrons. The number of thioether (sulfide) groups is 1. The summed E-state index contributed by atoms with van der Waals surface area (Å²) in [7, 11) is 0. The Balaban J connectivity index is 1.83. The number of hydrogen-bond acceptors (Lipinski definition) is 7. The number of likely N-dealkylation sites (N-methyl/N-ethyl adjacent to an activating group) is 1. The average molecular weight is 472 g/mol. The molecule has 0 aliphatic carbocycles. The topological polar surface area (TPSA) is 61.2 Å². The monoisotopic (exact) mass is 471 g/mol. The molecule has 2 aromatic heterocycles. The highest BCUT2D eigenvalue weighted by molar-refractivity contribution is 8.26. The first-order valence-electron chi connectivity index (χ1n) is 11.1. The van der Waals surface area contributed by atoms with Gasteiger partial charge in [0.05, 0.1) is 10.5 Å². The molecule has 9 heteroatoms. The normalized spacial score (nSPS) is 20.1. The van der Waals surface area contributed by atoms with Gasteiger partial charge in [-0.3, -0.25) is 18.9 Å². The zero-order chi connectivity index (χ0) is 23.0. The van der Waals surface area contributed by atoms with Crippen LogP contribution in [-0.4, -0.2) is 68.2 Å². The lowest BCUT2D eigenvalue weighted by atomic mass is 10.2. The number of anilines is 1. The lowest BCUT2D eigenvalue weighted by Gasteiger charge is -2.35. The standard InChI is InChI=1S/C23H29N5O2S2/c1-5-16(4)28-22(30)18(32-23(28)31)13-17-20(26-11-9-25(6-2)10-12-26)24-19-8-7-15(3)14-27(19)21(17)29/h7-8,13-14,16H,5-6,9-12H2,1-4H3/b18-13-. The fraction of sp³-hybridized carbons (Fsp3) is 0.478. The van der Waals surface area contributed by atoms with Gasteiger partial charge in [0, 0.05) is 38.4 Å². The minimum absolute atomic E-state index is 0.0217. The van der Waals surface area contributed by atoms with Crippen LogP contribution in [0.3, 0.4) is 0 Å². The predicted molar refractivity (Wildman–Crippen MR) is 135 cm³/mol. The van der Waals surface area contributed by atoms with Crippen molar-refractivity contribution in [1.82, 2.24) is 19.2 Å². The number of aromatic nitrogens is 2. The number of aryl methyl sites for hydroxylation is 1. The van der Waals surface area contributed by atoms with Gasteiger partial charge >= 0.3 is 0 Å². The number of carbonyl (C=O) groups excluding carboxylic acids is 1. The number of thiocarbonyl (C=S) groups is 1. The van der Waals surface area contributed by atoms with Crippen molar-refractivity contribution in [1.29, 1.82) is 0 Å². The molecule has 2 aromatic rings. The van der Waals surface area contributed by atoms with E-state index in [2.05, 4.69) is 16.7 Å². The summed E-state index contributed by atoms with van der Waals surface area (Å²) in [5.41, 5.74) is 1.86. The van der Waals surface area contributed by atoms with E-state index in [1.165, 1.54) is 11.8 Å². The second kappa shape index (κ2) is 9.33. The first-order valence-corrected chi connectivity index (χ1v) is 12.3. The van der Waals surface area contributed by atoms with Crippen LogP contribution < -0.4 is 10.5 Å².